The summed E-state index contributed by atoms with van der Waals surface area (Å²) < 4.78 is 5.73. The molecule has 2 saturated heterocycles. The molecule has 3 fully saturated rings. The van der Waals surface area contributed by atoms with E-state index in [4.69, 9.17) is 4.74 Å². The van der Waals surface area contributed by atoms with E-state index in [1.54, 1.807) is 0 Å². The molecule has 3 rings (SSSR count). The topological polar surface area (TPSA) is 41.6 Å². The maximum atomic E-state index is 12.5. The van der Waals surface area contributed by atoms with E-state index in [9.17, 15) is 4.79 Å². The highest BCUT2D eigenvalue weighted by Gasteiger charge is 2.30. The second-order valence-corrected chi connectivity index (χ2v) is 7.33. The third kappa shape index (κ3) is 4.12. The van der Waals surface area contributed by atoms with Crippen molar-refractivity contribution in [2.45, 2.75) is 56.7 Å². The summed E-state index contributed by atoms with van der Waals surface area (Å²) in [5.41, 5.74) is 0. The van der Waals surface area contributed by atoms with Crippen LogP contribution in [-0.4, -0.2) is 60.2 Å². The molecule has 0 aromatic heterocycles. The smallest absolute Gasteiger partial charge is 0.224 e. The first-order chi connectivity index (χ1) is 9.83. The molecule has 114 valence electrons. The summed E-state index contributed by atoms with van der Waals surface area (Å²) in [5, 5.41) is 3.44. The molecule has 20 heavy (non-hydrogen) atoms. The minimum absolute atomic E-state index is 0.279. The van der Waals surface area contributed by atoms with Gasteiger partial charge in [-0.1, -0.05) is 0 Å². The van der Waals surface area contributed by atoms with Crippen LogP contribution in [0.25, 0.3) is 0 Å². The molecule has 0 aromatic carbocycles. The Hall–Kier alpha value is -0.260. The van der Waals surface area contributed by atoms with E-state index in [2.05, 4.69) is 10.2 Å². The Morgan fingerprint density at radius 1 is 1.30 bits per heavy atom. The first kappa shape index (κ1) is 14.7. The number of ether oxygens (including phenoxy) is 1. The molecule has 3 aliphatic rings. The number of nitrogens with zero attached hydrogens (tertiary/aromatic N) is 1. The SMILES string of the molecule is O=C(CCNC1CC1)N(CC1CCCO1)C1CCSC1. The average Bonchev–Trinajstić information content (AvgIpc) is 2.95. The second-order valence-electron chi connectivity index (χ2n) is 6.18. The Balaban J connectivity index is 1.50. The number of nitrogens with one attached hydrogen (secondary N) is 1. The predicted octanol–water partition coefficient (Wildman–Crippen LogP) is 1.64. The molecule has 2 atom stereocenters. The van der Waals surface area contributed by atoms with Crippen LogP contribution >= 0.6 is 11.8 Å². The summed E-state index contributed by atoms with van der Waals surface area (Å²) in [6.07, 6.45) is 6.91. The van der Waals surface area contributed by atoms with Crippen molar-refractivity contribution in [1.29, 1.82) is 0 Å². The van der Waals surface area contributed by atoms with Crippen LogP contribution in [0.5, 0.6) is 0 Å². The molecule has 5 heteroatoms. The maximum absolute atomic E-state index is 12.5. The molecule has 0 aromatic rings. The fourth-order valence-corrected chi connectivity index (χ4v) is 4.27. The largest absolute Gasteiger partial charge is 0.376 e. The van der Waals surface area contributed by atoms with Crippen molar-refractivity contribution >= 4 is 17.7 Å². The summed E-state index contributed by atoms with van der Waals surface area (Å²) >= 11 is 1.97. The van der Waals surface area contributed by atoms with Gasteiger partial charge in [-0.3, -0.25) is 4.79 Å². The number of rotatable bonds is 7. The highest BCUT2D eigenvalue weighted by molar-refractivity contribution is 7.99. The van der Waals surface area contributed by atoms with Crippen LogP contribution in [0.3, 0.4) is 0 Å². The van der Waals surface area contributed by atoms with Gasteiger partial charge in [-0.25, -0.2) is 0 Å². The van der Waals surface area contributed by atoms with Gasteiger partial charge in [-0.15, -0.1) is 0 Å². The number of amides is 1. The van der Waals surface area contributed by atoms with Crippen molar-refractivity contribution in [2.24, 2.45) is 0 Å². The second kappa shape index (κ2) is 7.14. The number of hydrogen-bond acceptors (Lipinski definition) is 4. The van der Waals surface area contributed by atoms with Crippen molar-refractivity contribution in [3.05, 3.63) is 0 Å². The zero-order valence-electron chi connectivity index (χ0n) is 12.2. The van der Waals surface area contributed by atoms with Crippen molar-refractivity contribution in [1.82, 2.24) is 10.2 Å². The van der Waals surface area contributed by atoms with Crippen LogP contribution in [0.4, 0.5) is 0 Å². The van der Waals surface area contributed by atoms with Gasteiger partial charge >= 0.3 is 0 Å². The summed E-state index contributed by atoms with van der Waals surface area (Å²) in [6.45, 7) is 2.52. The highest BCUT2D eigenvalue weighted by atomic mass is 32.2. The number of carbonyl (C=O) groups is 1. The summed E-state index contributed by atoms with van der Waals surface area (Å²) in [5.74, 6) is 2.62. The Morgan fingerprint density at radius 2 is 2.20 bits per heavy atom. The number of carbonyl (C=O) groups excluding carboxylic acids is 1. The summed E-state index contributed by atoms with van der Waals surface area (Å²) in [6, 6.07) is 1.13. The molecule has 4 nitrogen and oxygen atoms in total. The molecular formula is C15H26N2O2S. The normalized spacial score (nSPS) is 29.8. The lowest BCUT2D eigenvalue weighted by atomic mass is 10.1. The molecule has 1 aliphatic carbocycles. The molecule has 0 radical (unpaired) electrons. The van der Waals surface area contributed by atoms with E-state index in [1.807, 2.05) is 11.8 Å². The van der Waals surface area contributed by atoms with Gasteiger partial charge in [0.05, 0.1) is 6.10 Å². The minimum Gasteiger partial charge on any atom is -0.376 e. The Labute approximate surface area is 126 Å². The quantitative estimate of drug-likeness (QED) is 0.776. The van der Waals surface area contributed by atoms with Gasteiger partial charge in [0.1, 0.15) is 0 Å². The van der Waals surface area contributed by atoms with Crippen LogP contribution in [0.1, 0.15) is 38.5 Å². The van der Waals surface area contributed by atoms with Gasteiger partial charge in [0.15, 0.2) is 0 Å². The van der Waals surface area contributed by atoms with Gasteiger partial charge < -0.3 is 15.0 Å². The zero-order valence-corrected chi connectivity index (χ0v) is 13.0. The van der Waals surface area contributed by atoms with Gasteiger partial charge in [0, 0.05) is 44.0 Å². The lowest BCUT2D eigenvalue weighted by molar-refractivity contribution is -0.134. The van der Waals surface area contributed by atoms with Crippen LogP contribution in [0, 0.1) is 0 Å². The predicted molar refractivity (Wildman–Crippen MR) is 82.1 cm³/mol. The van der Waals surface area contributed by atoms with Crippen LogP contribution in [0.2, 0.25) is 0 Å². The van der Waals surface area contributed by atoms with Crippen molar-refractivity contribution in [3.63, 3.8) is 0 Å². The van der Waals surface area contributed by atoms with Crippen molar-refractivity contribution in [2.75, 3.05) is 31.2 Å². The van der Waals surface area contributed by atoms with Crippen molar-refractivity contribution < 1.29 is 9.53 Å². The lowest BCUT2D eigenvalue weighted by Gasteiger charge is -2.31. The first-order valence-corrected chi connectivity index (χ1v) is 9.20. The molecule has 1 saturated carbocycles. The molecular weight excluding hydrogens is 272 g/mol. The van der Waals surface area contributed by atoms with Crippen molar-refractivity contribution in [3.8, 4) is 0 Å². The monoisotopic (exact) mass is 298 g/mol. The standard InChI is InChI=1S/C15H26N2O2S/c18-15(5-7-16-12-3-4-12)17(13-6-9-20-11-13)10-14-2-1-8-19-14/h12-14,16H,1-11H2. The third-order valence-electron chi connectivity index (χ3n) is 4.44. The Bertz CT molecular complexity index is 324. The van der Waals surface area contributed by atoms with Crippen LogP contribution in [0.15, 0.2) is 0 Å². The van der Waals surface area contributed by atoms with Gasteiger partial charge in [-0.05, 0) is 37.9 Å². The van der Waals surface area contributed by atoms with E-state index in [1.165, 1.54) is 18.6 Å². The molecule has 1 amide bonds. The fourth-order valence-electron chi connectivity index (χ4n) is 3.04. The van der Waals surface area contributed by atoms with Crippen LogP contribution in [-0.2, 0) is 9.53 Å². The van der Waals surface area contributed by atoms with E-state index in [0.717, 1.165) is 44.7 Å². The lowest BCUT2D eigenvalue weighted by Crippen LogP contribution is -2.45. The third-order valence-corrected chi connectivity index (χ3v) is 5.59. The molecule has 2 aliphatic heterocycles. The van der Waals surface area contributed by atoms with E-state index >= 15 is 0 Å². The number of hydrogen-bond donors (Lipinski definition) is 1. The maximum Gasteiger partial charge on any atom is 0.224 e. The first-order valence-electron chi connectivity index (χ1n) is 8.05. The fraction of sp³-hybridized carbons (Fsp3) is 0.933. The Morgan fingerprint density at radius 3 is 2.85 bits per heavy atom. The van der Waals surface area contributed by atoms with Gasteiger partial charge in [0.25, 0.3) is 0 Å². The number of thioether (sulfide) groups is 1. The molecule has 1 N–H and O–H groups in total. The zero-order chi connectivity index (χ0) is 13.8. The van der Waals surface area contributed by atoms with Gasteiger partial charge in [-0.2, -0.15) is 11.8 Å². The Kier molecular flexibility index (Phi) is 5.24. The molecule has 0 spiro atoms. The summed E-state index contributed by atoms with van der Waals surface area (Å²) in [7, 11) is 0. The average molecular weight is 298 g/mol. The molecule has 2 heterocycles. The van der Waals surface area contributed by atoms with Gasteiger partial charge in [0.2, 0.25) is 5.91 Å². The summed E-state index contributed by atoms with van der Waals surface area (Å²) in [4.78, 5) is 14.7. The van der Waals surface area contributed by atoms with E-state index < -0.39 is 0 Å². The van der Waals surface area contributed by atoms with E-state index in [-0.39, 0.29) is 6.10 Å². The molecule has 2 unspecified atom stereocenters. The minimum atomic E-state index is 0.279. The highest BCUT2D eigenvalue weighted by Crippen LogP contribution is 2.25. The molecule has 0 bridgehead atoms. The van der Waals surface area contributed by atoms with E-state index in [0.29, 0.717) is 24.4 Å². The van der Waals surface area contributed by atoms with Crippen LogP contribution < -0.4 is 5.32 Å².